The standard InChI is InChI=1S/C20H18ClN7O2/c1-10-2-5-13(21)14(6-10)24-16-8-17(23-12-3-4-12)28-18(26-16)11(9-22-28)7-15-19(29)27-20(30)25-15/h2,5-9,12,24,29H,3-4H2,1H3,(H2,25,27,30)/b11-7+,23-17?. The maximum Gasteiger partial charge on any atom is 0.326 e. The van der Waals surface area contributed by atoms with Gasteiger partial charge in [-0.05, 0) is 43.5 Å². The number of anilines is 2. The van der Waals surface area contributed by atoms with Crippen LogP contribution in [0, 0.1) is 6.92 Å². The summed E-state index contributed by atoms with van der Waals surface area (Å²) >= 11 is 6.33. The van der Waals surface area contributed by atoms with Crippen LogP contribution in [0.5, 0.6) is 5.88 Å². The Hall–Kier alpha value is -3.59. The third-order valence-electron chi connectivity index (χ3n) is 4.76. The smallest absolute Gasteiger partial charge is 0.326 e. The molecule has 1 saturated carbocycles. The molecule has 0 unspecified atom stereocenters. The Labute approximate surface area is 174 Å². The van der Waals surface area contributed by atoms with Crippen molar-refractivity contribution in [3.05, 3.63) is 67.9 Å². The third kappa shape index (κ3) is 3.55. The van der Waals surface area contributed by atoms with Crippen molar-refractivity contribution in [1.82, 2.24) is 24.6 Å². The van der Waals surface area contributed by atoms with Crippen LogP contribution in [-0.2, 0) is 0 Å². The first-order valence-electron chi connectivity index (χ1n) is 9.45. The lowest BCUT2D eigenvalue weighted by Crippen LogP contribution is -2.19. The molecule has 3 aromatic heterocycles. The SMILES string of the molecule is Cc1ccc(Cl)c(Nc2cc(=NC3CC3)n3nc/c(=C\c4[nH]c(=O)[nH]c4O)c3n2)c1. The number of hydrogen-bond donors (Lipinski definition) is 4. The fraction of sp³-hybridized carbons (Fsp3) is 0.200. The van der Waals surface area contributed by atoms with E-state index in [1.807, 2.05) is 31.2 Å². The van der Waals surface area contributed by atoms with E-state index in [0.29, 0.717) is 27.2 Å². The zero-order valence-corrected chi connectivity index (χ0v) is 16.7. The molecule has 0 spiro atoms. The zero-order chi connectivity index (χ0) is 20.8. The molecule has 1 aromatic carbocycles. The average molecular weight is 424 g/mol. The normalized spacial score (nSPS) is 15.3. The molecule has 3 heterocycles. The van der Waals surface area contributed by atoms with Gasteiger partial charge >= 0.3 is 5.69 Å². The predicted octanol–water partition coefficient (Wildman–Crippen LogP) is 1.77. The van der Waals surface area contributed by atoms with Crippen LogP contribution in [0.3, 0.4) is 0 Å². The van der Waals surface area contributed by atoms with Gasteiger partial charge in [0.15, 0.2) is 11.1 Å². The molecule has 152 valence electrons. The summed E-state index contributed by atoms with van der Waals surface area (Å²) in [7, 11) is 0. The molecule has 0 aliphatic heterocycles. The Morgan fingerprint density at radius 3 is 2.90 bits per heavy atom. The number of H-pyrrole nitrogens is 2. The second-order valence-corrected chi connectivity index (χ2v) is 7.70. The fourth-order valence-corrected chi connectivity index (χ4v) is 3.30. The quantitative estimate of drug-likeness (QED) is 0.398. The number of imidazole rings is 1. The molecule has 0 amide bonds. The van der Waals surface area contributed by atoms with Gasteiger partial charge in [0.25, 0.3) is 0 Å². The highest BCUT2D eigenvalue weighted by Crippen LogP contribution is 2.26. The molecule has 0 atom stereocenters. The number of hydrogen-bond acceptors (Lipinski definition) is 6. The van der Waals surface area contributed by atoms with Crippen LogP contribution in [0.2, 0.25) is 5.02 Å². The molecule has 4 aromatic rings. The molecule has 30 heavy (non-hydrogen) atoms. The van der Waals surface area contributed by atoms with E-state index in [2.05, 4.69) is 25.4 Å². The number of aromatic nitrogens is 5. The lowest BCUT2D eigenvalue weighted by atomic mass is 10.2. The highest BCUT2D eigenvalue weighted by molar-refractivity contribution is 6.33. The molecule has 10 heteroatoms. The Morgan fingerprint density at radius 2 is 2.17 bits per heavy atom. The van der Waals surface area contributed by atoms with Crippen LogP contribution < -0.4 is 21.7 Å². The van der Waals surface area contributed by atoms with Crippen molar-refractivity contribution in [1.29, 1.82) is 0 Å². The Morgan fingerprint density at radius 1 is 1.33 bits per heavy atom. The molecule has 0 bridgehead atoms. The second kappa shape index (κ2) is 7.03. The summed E-state index contributed by atoms with van der Waals surface area (Å²) in [6.07, 6.45) is 5.32. The van der Waals surface area contributed by atoms with Gasteiger partial charge in [0.2, 0.25) is 5.88 Å². The Kier molecular flexibility index (Phi) is 4.32. The van der Waals surface area contributed by atoms with Gasteiger partial charge in [-0.25, -0.2) is 9.78 Å². The van der Waals surface area contributed by atoms with Crippen LogP contribution in [0.4, 0.5) is 11.5 Å². The highest BCUT2D eigenvalue weighted by Gasteiger charge is 2.20. The van der Waals surface area contributed by atoms with Gasteiger partial charge in [0, 0.05) is 11.3 Å². The van der Waals surface area contributed by atoms with E-state index >= 15 is 0 Å². The Bertz CT molecular complexity index is 1450. The first-order valence-corrected chi connectivity index (χ1v) is 9.83. The predicted molar refractivity (Wildman–Crippen MR) is 113 cm³/mol. The van der Waals surface area contributed by atoms with E-state index in [4.69, 9.17) is 16.6 Å². The molecule has 1 aliphatic carbocycles. The van der Waals surface area contributed by atoms with Gasteiger partial charge in [0.05, 0.1) is 22.9 Å². The number of fused-ring (bicyclic) bond motifs is 1. The maximum absolute atomic E-state index is 11.4. The van der Waals surface area contributed by atoms with Gasteiger partial charge in [-0.15, -0.1) is 0 Å². The minimum Gasteiger partial charge on any atom is -0.493 e. The van der Waals surface area contributed by atoms with E-state index in [0.717, 1.165) is 24.1 Å². The number of nitrogens with zero attached hydrogens (tertiary/aromatic N) is 4. The summed E-state index contributed by atoms with van der Waals surface area (Å²) in [4.78, 5) is 25.7. The fourth-order valence-electron chi connectivity index (χ4n) is 3.13. The molecule has 4 N–H and O–H groups in total. The number of halogens is 1. The molecule has 1 aliphatic rings. The van der Waals surface area contributed by atoms with E-state index in [1.54, 1.807) is 16.8 Å². The number of nitrogens with one attached hydrogen (secondary N) is 3. The number of rotatable bonds is 4. The lowest BCUT2D eigenvalue weighted by Gasteiger charge is -2.09. The van der Waals surface area contributed by atoms with Gasteiger partial charge in [-0.3, -0.25) is 9.98 Å². The van der Waals surface area contributed by atoms with Crippen molar-refractivity contribution in [2.75, 3.05) is 5.32 Å². The average Bonchev–Trinajstić information content (AvgIpc) is 3.34. The van der Waals surface area contributed by atoms with Crippen LogP contribution in [0.25, 0.3) is 11.7 Å². The van der Waals surface area contributed by atoms with Crippen LogP contribution >= 0.6 is 11.6 Å². The van der Waals surface area contributed by atoms with E-state index < -0.39 is 5.69 Å². The van der Waals surface area contributed by atoms with E-state index in [-0.39, 0.29) is 17.6 Å². The maximum atomic E-state index is 11.4. The van der Waals surface area contributed by atoms with Crippen LogP contribution in [0.15, 0.2) is 40.2 Å². The van der Waals surface area contributed by atoms with Crippen molar-refractivity contribution < 1.29 is 5.11 Å². The van der Waals surface area contributed by atoms with E-state index in [1.165, 1.54) is 0 Å². The molecule has 9 nitrogen and oxygen atoms in total. The molecular weight excluding hydrogens is 406 g/mol. The highest BCUT2D eigenvalue weighted by atomic mass is 35.5. The summed E-state index contributed by atoms with van der Waals surface area (Å²) in [6, 6.07) is 7.82. The van der Waals surface area contributed by atoms with Crippen LogP contribution in [0.1, 0.15) is 24.1 Å². The molecule has 0 saturated heterocycles. The van der Waals surface area contributed by atoms with Crippen molar-refractivity contribution in [2.45, 2.75) is 25.8 Å². The van der Waals surface area contributed by atoms with Crippen molar-refractivity contribution >= 4 is 34.8 Å². The van der Waals surface area contributed by atoms with Gasteiger partial charge in [0.1, 0.15) is 11.5 Å². The number of aryl methyl sites for hydroxylation is 1. The summed E-state index contributed by atoms with van der Waals surface area (Å²) < 4.78 is 1.65. The van der Waals surface area contributed by atoms with E-state index in [9.17, 15) is 9.90 Å². The first kappa shape index (κ1) is 18.4. The minimum absolute atomic E-state index is 0.247. The summed E-state index contributed by atoms with van der Waals surface area (Å²) in [5, 5.41) is 18.7. The monoisotopic (exact) mass is 423 g/mol. The first-order chi connectivity index (χ1) is 14.5. The minimum atomic E-state index is -0.496. The van der Waals surface area contributed by atoms with Crippen LogP contribution in [-0.4, -0.2) is 35.7 Å². The summed E-state index contributed by atoms with van der Waals surface area (Å²) in [5.74, 6) is 0.319. The number of aromatic hydroxyl groups is 1. The Balaban J connectivity index is 1.69. The zero-order valence-electron chi connectivity index (χ0n) is 16.0. The third-order valence-corrected chi connectivity index (χ3v) is 5.09. The largest absolute Gasteiger partial charge is 0.493 e. The molecule has 0 radical (unpaired) electrons. The van der Waals surface area contributed by atoms with Crippen molar-refractivity contribution in [2.24, 2.45) is 4.99 Å². The van der Waals surface area contributed by atoms with Gasteiger partial charge in [-0.1, -0.05) is 17.7 Å². The van der Waals surface area contributed by atoms with Crippen molar-refractivity contribution in [3.63, 3.8) is 0 Å². The molecular formula is C20H18ClN7O2. The van der Waals surface area contributed by atoms with Gasteiger partial charge < -0.3 is 15.4 Å². The molecule has 1 fully saturated rings. The molecule has 5 rings (SSSR count). The summed E-state index contributed by atoms with van der Waals surface area (Å²) in [5.41, 5.74) is 2.76. The topological polar surface area (TPSA) is 123 Å². The second-order valence-electron chi connectivity index (χ2n) is 7.29. The number of aromatic amines is 2. The number of benzene rings is 1. The van der Waals surface area contributed by atoms with Crippen molar-refractivity contribution in [3.8, 4) is 5.88 Å². The summed E-state index contributed by atoms with van der Waals surface area (Å²) in [6.45, 7) is 1.99. The lowest BCUT2D eigenvalue weighted by molar-refractivity contribution is 0.454. The van der Waals surface area contributed by atoms with Gasteiger partial charge in [-0.2, -0.15) is 9.61 Å².